The van der Waals surface area contributed by atoms with Crippen LogP contribution in [-0.2, 0) is 0 Å². The molecule has 1 aromatic rings. The van der Waals surface area contributed by atoms with Crippen molar-refractivity contribution in [2.24, 2.45) is 0 Å². The van der Waals surface area contributed by atoms with E-state index in [1.165, 1.54) is 0 Å². The van der Waals surface area contributed by atoms with Gasteiger partial charge in [0.15, 0.2) is 0 Å². The van der Waals surface area contributed by atoms with Crippen molar-refractivity contribution in [1.29, 1.82) is 0 Å². The Hall–Kier alpha value is -1.06. The van der Waals surface area contributed by atoms with Gasteiger partial charge in [0.05, 0.1) is 12.2 Å². The van der Waals surface area contributed by atoms with E-state index in [4.69, 9.17) is 4.74 Å². The molecule has 3 heteroatoms. The molecular formula is C13H18O3. The van der Waals surface area contributed by atoms with Gasteiger partial charge in [0.1, 0.15) is 11.9 Å². The van der Waals surface area contributed by atoms with Gasteiger partial charge in [-0.2, -0.15) is 0 Å². The van der Waals surface area contributed by atoms with Gasteiger partial charge >= 0.3 is 0 Å². The molecule has 0 radical (unpaired) electrons. The maximum Gasteiger partial charge on any atom is 0.125 e. The summed E-state index contributed by atoms with van der Waals surface area (Å²) in [5.41, 5.74) is 0.779. The van der Waals surface area contributed by atoms with Gasteiger partial charge in [-0.1, -0.05) is 18.2 Å². The standard InChI is InChI=1S/C13H18O3/c1-9(14)10-5-2-3-7-12(10)16-13-8-4-6-11(13)15/h2-3,5,7,9,11,13-15H,4,6,8H2,1H3/t9-,11?,13?/m0/s1. The monoisotopic (exact) mass is 222 g/mol. The molecule has 2 N–H and O–H groups in total. The first-order valence-electron chi connectivity index (χ1n) is 5.80. The summed E-state index contributed by atoms with van der Waals surface area (Å²) < 4.78 is 5.77. The Morgan fingerprint density at radius 2 is 2.06 bits per heavy atom. The zero-order valence-corrected chi connectivity index (χ0v) is 9.47. The van der Waals surface area contributed by atoms with Crippen LogP contribution in [0.4, 0.5) is 0 Å². The summed E-state index contributed by atoms with van der Waals surface area (Å²) >= 11 is 0. The number of rotatable bonds is 3. The van der Waals surface area contributed by atoms with Crippen LogP contribution in [0.15, 0.2) is 24.3 Å². The Morgan fingerprint density at radius 3 is 2.69 bits per heavy atom. The number of benzene rings is 1. The third kappa shape index (κ3) is 2.36. The van der Waals surface area contributed by atoms with Gasteiger partial charge < -0.3 is 14.9 Å². The number of hydrogen-bond donors (Lipinski definition) is 2. The van der Waals surface area contributed by atoms with E-state index >= 15 is 0 Å². The zero-order chi connectivity index (χ0) is 11.5. The predicted octanol–water partition coefficient (Wildman–Crippen LogP) is 2.03. The molecule has 0 aliphatic heterocycles. The van der Waals surface area contributed by atoms with Crippen LogP contribution in [0.3, 0.4) is 0 Å². The summed E-state index contributed by atoms with van der Waals surface area (Å²) in [4.78, 5) is 0. The molecule has 0 saturated heterocycles. The SMILES string of the molecule is C[C@H](O)c1ccccc1OC1CCCC1O. The summed E-state index contributed by atoms with van der Waals surface area (Å²) in [6.07, 6.45) is 1.65. The first-order chi connectivity index (χ1) is 7.68. The van der Waals surface area contributed by atoms with Crippen molar-refractivity contribution in [2.45, 2.75) is 44.5 Å². The Balaban J connectivity index is 2.14. The molecule has 16 heavy (non-hydrogen) atoms. The molecule has 1 saturated carbocycles. The molecule has 0 amide bonds. The molecular weight excluding hydrogens is 204 g/mol. The molecule has 2 rings (SSSR count). The van der Waals surface area contributed by atoms with Crippen LogP contribution in [0.2, 0.25) is 0 Å². The molecule has 1 aromatic carbocycles. The van der Waals surface area contributed by atoms with Crippen LogP contribution in [0, 0.1) is 0 Å². The van der Waals surface area contributed by atoms with Crippen LogP contribution >= 0.6 is 0 Å². The molecule has 1 aliphatic rings. The fraction of sp³-hybridized carbons (Fsp3) is 0.538. The highest BCUT2D eigenvalue weighted by Gasteiger charge is 2.27. The van der Waals surface area contributed by atoms with E-state index in [1.807, 2.05) is 24.3 Å². The number of ether oxygens (including phenoxy) is 1. The third-order valence-electron chi connectivity index (χ3n) is 3.07. The fourth-order valence-electron chi connectivity index (χ4n) is 2.14. The van der Waals surface area contributed by atoms with Gasteiger partial charge in [-0.3, -0.25) is 0 Å². The second kappa shape index (κ2) is 4.85. The molecule has 1 fully saturated rings. The molecule has 0 aromatic heterocycles. The highest BCUT2D eigenvalue weighted by molar-refractivity contribution is 5.35. The molecule has 0 heterocycles. The van der Waals surface area contributed by atoms with Gasteiger partial charge in [-0.25, -0.2) is 0 Å². The van der Waals surface area contributed by atoms with Gasteiger partial charge in [0, 0.05) is 5.56 Å². The number of aliphatic hydroxyl groups excluding tert-OH is 2. The quantitative estimate of drug-likeness (QED) is 0.822. The Kier molecular flexibility index (Phi) is 3.46. The van der Waals surface area contributed by atoms with Crippen LogP contribution < -0.4 is 4.74 Å². The summed E-state index contributed by atoms with van der Waals surface area (Å²) in [5.74, 6) is 0.684. The first-order valence-corrected chi connectivity index (χ1v) is 5.80. The molecule has 2 unspecified atom stereocenters. The summed E-state index contributed by atoms with van der Waals surface area (Å²) in [6, 6.07) is 7.44. The van der Waals surface area contributed by atoms with Crippen LogP contribution in [0.25, 0.3) is 0 Å². The minimum Gasteiger partial charge on any atom is -0.487 e. The molecule has 88 valence electrons. The van der Waals surface area contributed by atoms with E-state index < -0.39 is 6.10 Å². The second-order valence-corrected chi connectivity index (χ2v) is 4.37. The van der Waals surface area contributed by atoms with Crippen molar-refractivity contribution in [3.8, 4) is 5.75 Å². The van der Waals surface area contributed by atoms with Crippen LogP contribution in [0.1, 0.15) is 37.9 Å². The van der Waals surface area contributed by atoms with Crippen LogP contribution in [-0.4, -0.2) is 22.4 Å². The largest absolute Gasteiger partial charge is 0.487 e. The van der Waals surface area contributed by atoms with Crippen molar-refractivity contribution in [1.82, 2.24) is 0 Å². The van der Waals surface area contributed by atoms with Crippen molar-refractivity contribution in [3.63, 3.8) is 0 Å². The minimum absolute atomic E-state index is 0.125. The Bertz CT molecular complexity index is 349. The highest BCUT2D eigenvalue weighted by atomic mass is 16.5. The second-order valence-electron chi connectivity index (χ2n) is 4.37. The van der Waals surface area contributed by atoms with Gasteiger partial charge in [0.25, 0.3) is 0 Å². The predicted molar refractivity (Wildman–Crippen MR) is 61.3 cm³/mol. The minimum atomic E-state index is -0.547. The number of hydrogen-bond acceptors (Lipinski definition) is 3. The molecule has 0 spiro atoms. The van der Waals surface area contributed by atoms with E-state index in [0.717, 1.165) is 24.8 Å². The maximum atomic E-state index is 9.69. The third-order valence-corrected chi connectivity index (χ3v) is 3.07. The molecule has 3 atom stereocenters. The molecule has 3 nitrogen and oxygen atoms in total. The van der Waals surface area contributed by atoms with Crippen molar-refractivity contribution in [3.05, 3.63) is 29.8 Å². The lowest BCUT2D eigenvalue weighted by Gasteiger charge is -2.20. The number of para-hydroxylation sites is 1. The maximum absolute atomic E-state index is 9.69. The van der Waals surface area contributed by atoms with E-state index in [1.54, 1.807) is 6.92 Å². The van der Waals surface area contributed by atoms with Crippen molar-refractivity contribution >= 4 is 0 Å². The topological polar surface area (TPSA) is 49.7 Å². The summed E-state index contributed by atoms with van der Waals surface area (Å²) in [7, 11) is 0. The van der Waals surface area contributed by atoms with E-state index in [-0.39, 0.29) is 12.2 Å². The molecule has 1 aliphatic carbocycles. The summed E-state index contributed by atoms with van der Waals surface area (Å²) in [5, 5.41) is 19.3. The average molecular weight is 222 g/mol. The zero-order valence-electron chi connectivity index (χ0n) is 9.47. The van der Waals surface area contributed by atoms with E-state index in [9.17, 15) is 10.2 Å². The smallest absolute Gasteiger partial charge is 0.125 e. The molecule has 0 bridgehead atoms. The fourth-order valence-corrected chi connectivity index (χ4v) is 2.14. The van der Waals surface area contributed by atoms with E-state index in [0.29, 0.717) is 5.75 Å². The van der Waals surface area contributed by atoms with Crippen molar-refractivity contribution in [2.75, 3.05) is 0 Å². The number of aliphatic hydroxyl groups is 2. The lowest BCUT2D eigenvalue weighted by atomic mass is 10.1. The summed E-state index contributed by atoms with van der Waals surface area (Å²) in [6.45, 7) is 1.72. The highest BCUT2D eigenvalue weighted by Crippen LogP contribution is 2.29. The lowest BCUT2D eigenvalue weighted by Crippen LogP contribution is -2.26. The van der Waals surface area contributed by atoms with Gasteiger partial charge in [0.2, 0.25) is 0 Å². The van der Waals surface area contributed by atoms with Gasteiger partial charge in [-0.05, 0) is 32.3 Å². The Labute approximate surface area is 95.7 Å². The first kappa shape index (κ1) is 11.4. The van der Waals surface area contributed by atoms with Crippen molar-refractivity contribution < 1.29 is 14.9 Å². The van der Waals surface area contributed by atoms with Crippen LogP contribution in [0.5, 0.6) is 5.75 Å². The van der Waals surface area contributed by atoms with E-state index in [2.05, 4.69) is 0 Å². The Morgan fingerprint density at radius 1 is 1.31 bits per heavy atom. The average Bonchev–Trinajstić information content (AvgIpc) is 2.65. The van der Waals surface area contributed by atoms with Gasteiger partial charge in [-0.15, -0.1) is 0 Å². The normalized spacial score (nSPS) is 26.7. The lowest BCUT2D eigenvalue weighted by molar-refractivity contribution is 0.0577.